The van der Waals surface area contributed by atoms with Crippen LogP contribution in [0.15, 0.2) is 218 Å². The Morgan fingerprint density at radius 3 is 1.38 bits per heavy atom. The van der Waals surface area contributed by atoms with E-state index in [1.54, 1.807) is 0 Å². The minimum Gasteiger partial charge on any atom is -0.309 e. The Morgan fingerprint density at radius 1 is 0.311 bits per heavy atom. The Balaban J connectivity index is 1.19. The largest absolute Gasteiger partial charge is 0.309 e. The molecule has 0 heterocycles. The molecule has 1 unspecified atom stereocenters. The first-order valence-electron chi connectivity index (χ1n) is 21.6. The minimum absolute atomic E-state index is 0.161. The van der Waals surface area contributed by atoms with Crippen molar-refractivity contribution in [2.45, 2.75) is 37.0 Å². The Morgan fingerprint density at radius 2 is 0.754 bits per heavy atom. The Labute approximate surface area is 359 Å². The summed E-state index contributed by atoms with van der Waals surface area (Å²) in [5.74, 6) is 0. The Kier molecular flexibility index (Phi) is 7.69. The number of nitrogens with zero attached hydrogens (tertiary/aromatic N) is 1. The van der Waals surface area contributed by atoms with Crippen LogP contribution in [0, 0.1) is 0 Å². The van der Waals surface area contributed by atoms with Gasteiger partial charge >= 0.3 is 0 Å². The summed E-state index contributed by atoms with van der Waals surface area (Å²) in [4.78, 5) is 2.60. The van der Waals surface area contributed by atoms with Gasteiger partial charge in [-0.05, 0) is 104 Å². The molecule has 9 aromatic rings. The zero-order valence-electron chi connectivity index (χ0n) is 34.7. The molecule has 1 nitrogen and oxygen atoms in total. The van der Waals surface area contributed by atoms with Gasteiger partial charge in [-0.3, -0.25) is 0 Å². The molecular weight excluding hydrogens is 735 g/mol. The zero-order chi connectivity index (χ0) is 40.9. The summed E-state index contributed by atoms with van der Waals surface area (Å²) in [6.07, 6.45) is 0. The van der Waals surface area contributed by atoms with E-state index >= 15 is 0 Å². The number of fused-ring (bicyclic) bond motifs is 9. The van der Waals surface area contributed by atoms with Gasteiger partial charge in [0.1, 0.15) is 0 Å². The van der Waals surface area contributed by atoms with E-state index in [1.165, 1.54) is 94.8 Å². The predicted octanol–water partition coefficient (Wildman–Crippen LogP) is 15.2. The van der Waals surface area contributed by atoms with Crippen LogP contribution in [0.4, 0.5) is 17.1 Å². The summed E-state index contributed by atoms with van der Waals surface area (Å²) in [5.41, 5.74) is 22.1. The Bertz CT molecular complexity index is 3140. The van der Waals surface area contributed by atoms with Crippen LogP contribution in [-0.2, 0) is 16.2 Å². The van der Waals surface area contributed by atoms with Crippen LogP contribution in [0.5, 0.6) is 0 Å². The van der Waals surface area contributed by atoms with Gasteiger partial charge < -0.3 is 4.90 Å². The van der Waals surface area contributed by atoms with Gasteiger partial charge in [0.15, 0.2) is 0 Å². The van der Waals surface area contributed by atoms with Crippen LogP contribution in [0.25, 0.3) is 33.4 Å². The highest BCUT2D eigenvalue weighted by atomic mass is 15.1. The van der Waals surface area contributed by atoms with E-state index in [0.717, 1.165) is 5.69 Å². The van der Waals surface area contributed by atoms with Gasteiger partial charge in [0.25, 0.3) is 0 Å². The van der Waals surface area contributed by atoms with E-state index in [4.69, 9.17) is 0 Å². The van der Waals surface area contributed by atoms with Gasteiger partial charge in [-0.15, -0.1) is 0 Å². The number of anilines is 3. The van der Waals surface area contributed by atoms with Gasteiger partial charge in [0.05, 0.1) is 16.8 Å². The molecule has 0 aromatic heterocycles. The molecule has 3 aliphatic rings. The Hall–Kier alpha value is -7.22. The van der Waals surface area contributed by atoms with Crippen LogP contribution < -0.4 is 4.90 Å². The molecule has 0 spiro atoms. The predicted molar refractivity (Wildman–Crippen MR) is 253 cm³/mol. The molecule has 290 valence electrons. The maximum Gasteiger partial charge on any atom is 0.0714 e. The fraction of sp³-hybridized carbons (Fsp3) is 0.100. The van der Waals surface area contributed by atoms with Gasteiger partial charge in [0.2, 0.25) is 0 Å². The summed E-state index contributed by atoms with van der Waals surface area (Å²) < 4.78 is 0. The highest BCUT2D eigenvalue weighted by Crippen LogP contribution is 2.62. The van der Waals surface area contributed by atoms with Gasteiger partial charge in [0, 0.05) is 27.6 Å². The fourth-order valence-corrected chi connectivity index (χ4v) is 11.7. The first-order valence-corrected chi connectivity index (χ1v) is 21.6. The molecule has 0 fully saturated rings. The highest BCUT2D eigenvalue weighted by molar-refractivity contribution is 6.02. The minimum atomic E-state index is -0.519. The van der Waals surface area contributed by atoms with Crippen molar-refractivity contribution in [3.05, 3.63) is 268 Å². The van der Waals surface area contributed by atoms with Gasteiger partial charge in [-0.25, -0.2) is 0 Å². The van der Waals surface area contributed by atoms with Gasteiger partial charge in [-0.2, -0.15) is 0 Å². The molecule has 9 aromatic carbocycles. The second-order valence-corrected chi connectivity index (χ2v) is 17.7. The van der Waals surface area contributed by atoms with Crippen LogP contribution in [0.2, 0.25) is 0 Å². The van der Waals surface area contributed by atoms with E-state index in [0.29, 0.717) is 0 Å². The molecule has 0 bridgehead atoms. The number of hydrogen-bond donors (Lipinski definition) is 0. The molecule has 0 amide bonds. The van der Waals surface area contributed by atoms with Crippen molar-refractivity contribution in [3.8, 4) is 33.4 Å². The molecule has 3 aliphatic carbocycles. The number of rotatable bonds is 6. The molecule has 0 radical (unpaired) electrons. The molecule has 12 rings (SSSR count). The quantitative estimate of drug-likeness (QED) is 0.162. The molecular formula is C60H45N. The monoisotopic (exact) mass is 779 g/mol. The third-order valence-corrected chi connectivity index (χ3v) is 14.4. The summed E-state index contributed by atoms with van der Waals surface area (Å²) in [7, 11) is 0. The lowest BCUT2D eigenvalue weighted by Crippen LogP contribution is -2.28. The van der Waals surface area contributed by atoms with Crippen molar-refractivity contribution in [3.63, 3.8) is 0 Å². The van der Waals surface area contributed by atoms with Crippen molar-refractivity contribution in [1.82, 2.24) is 0 Å². The molecule has 61 heavy (non-hydrogen) atoms. The average molecular weight is 780 g/mol. The van der Waals surface area contributed by atoms with Crippen LogP contribution in [0.1, 0.15) is 70.8 Å². The van der Waals surface area contributed by atoms with E-state index in [-0.39, 0.29) is 10.8 Å². The van der Waals surface area contributed by atoms with E-state index in [2.05, 4.69) is 244 Å². The van der Waals surface area contributed by atoms with Gasteiger partial charge in [-0.1, -0.05) is 208 Å². The van der Waals surface area contributed by atoms with Crippen LogP contribution >= 0.6 is 0 Å². The molecule has 1 heteroatoms. The lowest BCUT2D eigenvalue weighted by atomic mass is 9.68. The maximum absolute atomic E-state index is 2.60. The van der Waals surface area contributed by atoms with E-state index in [1.807, 2.05) is 0 Å². The van der Waals surface area contributed by atoms with E-state index < -0.39 is 5.41 Å². The molecule has 0 saturated heterocycles. The first-order chi connectivity index (χ1) is 29.9. The van der Waals surface area contributed by atoms with Crippen LogP contribution in [-0.4, -0.2) is 0 Å². The normalized spacial score (nSPS) is 16.8. The number of hydrogen-bond acceptors (Lipinski definition) is 1. The fourth-order valence-electron chi connectivity index (χ4n) is 11.7. The van der Waals surface area contributed by atoms with Crippen molar-refractivity contribution < 1.29 is 0 Å². The average Bonchev–Trinajstić information content (AvgIpc) is 3.87. The van der Waals surface area contributed by atoms with Crippen molar-refractivity contribution in [1.29, 1.82) is 0 Å². The summed E-state index contributed by atoms with van der Waals surface area (Å²) in [6.45, 7) is 7.19. The van der Waals surface area contributed by atoms with Crippen molar-refractivity contribution in [2.75, 3.05) is 4.90 Å². The third-order valence-electron chi connectivity index (χ3n) is 14.4. The van der Waals surface area contributed by atoms with Crippen LogP contribution in [0.3, 0.4) is 0 Å². The third kappa shape index (κ3) is 4.78. The number of benzene rings is 9. The lowest BCUT2D eigenvalue weighted by Gasteiger charge is -2.35. The summed E-state index contributed by atoms with van der Waals surface area (Å²) in [6, 6.07) is 81.9. The molecule has 0 saturated carbocycles. The van der Waals surface area contributed by atoms with E-state index in [9.17, 15) is 0 Å². The topological polar surface area (TPSA) is 3.24 Å². The molecule has 0 N–H and O–H groups in total. The smallest absolute Gasteiger partial charge is 0.0714 e. The maximum atomic E-state index is 2.60. The highest BCUT2D eigenvalue weighted by Gasteiger charge is 2.48. The lowest BCUT2D eigenvalue weighted by molar-refractivity contribution is 0.660. The van der Waals surface area contributed by atoms with Crippen molar-refractivity contribution in [2.24, 2.45) is 0 Å². The summed E-state index contributed by atoms with van der Waals surface area (Å²) in [5, 5.41) is 0. The summed E-state index contributed by atoms with van der Waals surface area (Å²) >= 11 is 0. The molecule has 0 aliphatic heterocycles. The molecule has 1 atom stereocenters. The second kappa shape index (κ2) is 13.1. The SMILES string of the molecule is CC1(C)c2ccccc2-c2ccc(N(c3cccc4c3-c3ccccc3C4(C)c3ccccc3)c3cccc4c3-c3ccccc3C4(c3ccccc3)c3ccccc3)cc21. The first kappa shape index (κ1) is 35.7. The standard InChI is InChI=1S/C60H45N/c1-58(2)48-30-16-13-27-44(48)45-38-37-43(39-53(45)58)61(54-35-19-33-51-56(54)46-28-14-17-31-49(46)59(51,3)40-21-7-4-8-22-40)55-36-20-34-52-57(55)47-29-15-18-32-50(47)60(52,41-23-9-5-10-24-41)42-25-11-6-12-26-42/h4-39H,1-3H3. The zero-order valence-corrected chi connectivity index (χ0v) is 34.7. The van der Waals surface area contributed by atoms with Crippen molar-refractivity contribution >= 4 is 17.1 Å². The second-order valence-electron chi connectivity index (χ2n) is 17.7.